The van der Waals surface area contributed by atoms with Crippen LogP contribution in [0.2, 0.25) is 0 Å². The Bertz CT molecular complexity index is 1450. The second kappa shape index (κ2) is 7.94. The van der Waals surface area contributed by atoms with E-state index >= 15 is 0 Å². The summed E-state index contributed by atoms with van der Waals surface area (Å²) in [5, 5.41) is 2.32. The minimum absolute atomic E-state index is 0.616. The number of nitrogens with two attached hydrogens (primary N) is 4. The normalized spacial score (nSPS) is 11.4. The van der Waals surface area contributed by atoms with Gasteiger partial charge in [-0.2, -0.15) is 0 Å². The molecule has 0 radical (unpaired) electrons. The highest BCUT2D eigenvalue weighted by Crippen LogP contribution is 2.40. The van der Waals surface area contributed by atoms with Crippen LogP contribution in [-0.2, 0) is 6.54 Å². The third-order valence-electron chi connectivity index (χ3n) is 6.07. The topological polar surface area (TPSA) is 109 Å². The Labute approximate surface area is 187 Å². The Hall–Kier alpha value is -3.96. The van der Waals surface area contributed by atoms with Crippen LogP contribution in [0.25, 0.3) is 44.1 Å². The highest BCUT2D eigenvalue weighted by atomic mass is 15.0. The van der Waals surface area contributed by atoms with Crippen LogP contribution in [-0.4, -0.2) is 11.1 Å². The van der Waals surface area contributed by atoms with E-state index in [1.165, 1.54) is 5.39 Å². The van der Waals surface area contributed by atoms with Gasteiger partial charge < -0.3 is 27.5 Å². The summed E-state index contributed by atoms with van der Waals surface area (Å²) in [6, 6.07) is 26.6. The van der Waals surface area contributed by atoms with Crippen LogP contribution in [0, 0.1) is 0 Å². The van der Waals surface area contributed by atoms with Crippen LogP contribution in [0.15, 0.2) is 78.9 Å². The highest BCUT2D eigenvalue weighted by Gasteiger charge is 2.17. The lowest BCUT2D eigenvalue weighted by Gasteiger charge is -2.12. The summed E-state index contributed by atoms with van der Waals surface area (Å²) in [6.07, 6.45) is 0.864. The molecular weight excluding hydrogens is 394 g/mol. The quantitative estimate of drug-likeness (QED) is 0.292. The SMILES string of the molecule is NCCCn1c2cc(-c3cccc(N)c3)ccc2c2ccc(-c3cccc(N)c3)c(N)c21. The van der Waals surface area contributed by atoms with E-state index < -0.39 is 0 Å². The van der Waals surface area contributed by atoms with Crippen molar-refractivity contribution in [1.82, 2.24) is 4.57 Å². The number of anilines is 3. The van der Waals surface area contributed by atoms with Crippen molar-refractivity contribution in [2.75, 3.05) is 23.7 Å². The van der Waals surface area contributed by atoms with Gasteiger partial charge >= 0.3 is 0 Å². The van der Waals surface area contributed by atoms with Gasteiger partial charge in [0.05, 0.1) is 11.2 Å². The number of hydrogen-bond acceptors (Lipinski definition) is 4. The first-order valence-electron chi connectivity index (χ1n) is 10.8. The van der Waals surface area contributed by atoms with Gasteiger partial charge in [-0.15, -0.1) is 0 Å². The third kappa shape index (κ3) is 3.33. The van der Waals surface area contributed by atoms with Crippen molar-refractivity contribution in [1.29, 1.82) is 0 Å². The molecule has 1 aromatic heterocycles. The molecule has 0 spiro atoms. The van der Waals surface area contributed by atoms with Crippen molar-refractivity contribution in [3.8, 4) is 22.3 Å². The van der Waals surface area contributed by atoms with Crippen molar-refractivity contribution in [2.24, 2.45) is 5.73 Å². The Morgan fingerprint density at radius 3 is 2.03 bits per heavy atom. The average molecular weight is 422 g/mol. The molecule has 32 heavy (non-hydrogen) atoms. The van der Waals surface area contributed by atoms with Gasteiger partial charge in [0.1, 0.15) is 0 Å². The number of aromatic nitrogens is 1. The van der Waals surface area contributed by atoms with Crippen LogP contribution in [0.5, 0.6) is 0 Å². The first-order chi connectivity index (χ1) is 15.6. The minimum atomic E-state index is 0.616. The van der Waals surface area contributed by atoms with Gasteiger partial charge in [0.2, 0.25) is 0 Å². The van der Waals surface area contributed by atoms with Gasteiger partial charge in [0.25, 0.3) is 0 Å². The van der Waals surface area contributed by atoms with E-state index in [1.807, 2.05) is 42.5 Å². The van der Waals surface area contributed by atoms with Crippen LogP contribution in [0.4, 0.5) is 17.1 Å². The summed E-state index contributed by atoms with van der Waals surface area (Å²) >= 11 is 0. The molecule has 5 heteroatoms. The number of fused-ring (bicyclic) bond motifs is 3. The van der Waals surface area contributed by atoms with E-state index in [1.54, 1.807) is 0 Å². The Kier molecular flexibility index (Phi) is 4.96. The molecule has 8 N–H and O–H groups in total. The zero-order valence-electron chi connectivity index (χ0n) is 17.9. The molecule has 0 saturated heterocycles. The van der Waals surface area contributed by atoms with Crippen molar-refractivity contribution < 1.29 is 0 Å². The van der Waals surface area contributed by atoms with E-state index in [0.29, 0.717) is 6.54 Å². The lowest BCUT2D eigenvalue weighted by atomic mass is 10.00. The second-order valence-electron chi connectivity index (χ2n) is 8.20. The van der Waals surface area contributed by atoms with E-state index in [2.05, 4.69) is 41.0 Å². The lowest BCUT2D eigenvalue weighted by Crippen LogP contribution is -2.07. The second-order valence-corrected chi connectivity index (χ2v) is 8.20. The summed E-state index contributed by atoms with van der Waals surface area (Å²) in [6.45, 7) is 1.41. The Morgan fingerprint density at radius 2 is 1.31 bits per heavy atom. The molecular formula is C27H27N5. The maximum atomic E-state index is 6.80. The summed E-state index contributed by atoms with van der Waals surface area (Å²) in [4.78, 5) is 0. The molecule has 0 unspecified atom stereocenters. The van der Waals surface area contributed by atoms with E-state index in [4.69, 9.17) is 22.9 Å². The fourth-order valence-electron chi connectivity index (χ4n) is 4.56. The molecule has 0 aliphatic heterocycles. The van der Waals surface area contributed by atoms with Gasteiger partial charge in [-0.05, 0) is 60.0 Å². The molecule has 5 nitrogen and oxygen atoms in total. The largest absolute Gasteiger partial charge is 0.399 e. The van der Waals surface area contributed by atoms with Crippen LogP contribution in [0.3, 0.4) is 0 Å². The van der Waals surface area contributed by atoms with Crippen molar-refractivity contribution in [2.45, 2.75) is 13.0 Å². The molecule has 5 aromatic rings. The number of aryl methyl sites for hydroxylation is 1. The molecule has 0 atom stereocenters. The number of nitrogens with zero attached hydrogens (tertiary/aromatic N) is 1. The predicted octanol–water partition coefficient (Wildman–Crippen LogP) is 5.22. The molecule has 0 aliphatic rings. The first kappa shape index (κ1) is 20.0. The monoisotopic (exact) mass is 421 g/mol. The zero-order valence-corrected chi connectivity index (χ0v) is 17.9. The van der Waals surface area contributed by atoms with Crippen LogP contribution >= 0.6 is 0 Å². The number of benzene rings is 4. The van der Waals surface area contributed by atoms with Crippen LogP contribution in [0.1, 0.15) is 6.42 Å². The molecule has 0 fully saturated rings. The maximum Gasteiger partial charge on any atom is 0.0731 e. The standard InChI is InChI=1S/C27H27N5/c28-12-3-13-32-25-16-18(17-4-1-6-20(29)14-17)8-9-23(25)24-11-10-22(26(31)27(24)32)19-5-2-7-21(30)15-19/h1-2,4-11,14-16H,3,12-13,28-31H2. The summed E-state index contributed by atoms with van der Waals surface area (Å²) in [5.74, 6) is 0. The lowest BCUT2D eigenvalue weighted by molar-refractivity contribution is 0.688. The zero-order chi connectivity index (χ0) is 22.2. The van der Waals surface area contributed by atoms with E-state index in [9.17, 15) is 0 Å². The van der Waals surface area contributed by atoms with Gasteiger partial charge in [0.15, 0.2) is 0 Å². The van der Waals surface area contributed by atoms with Gasteiger partial charge in [-0.3, -0.25) is 0 Å². The number of nitrogen functional groups attached to an aromatic ring is 3. The molecule has 0 aliphatic carbocycles. The van der Waals surface area contributed by atoms with Crippen molar-refractivity contribution in [3.63, 3.8) is 0 Å². The molecule has 4 aromatic carbocycles. The minimum Gasteiger partial charge on any atom is -0.399 e. The van der Waals surface area contributed by atoms with Gasteiger partial charge in [-0.1, -0.05) is 48.5 Å². The summed E-state index contributed by atoms with van der Waals surface area (Å²) < 4.78 is 2.30. The molecule has 0 saturated carbocycles. The van der Waals surface area contributed by atoms with Crippen molar-refractivity contribution >= 4 is 38.9 Å². The predicted molar refractivity (Wildman–Crippen MR) is 137 cm³/mol. The molecule has 0 bridgehead atoms. The van der Waals surface area contributed by atoms with Gasteiger partial charge in [-0.25, -0.2) is 0 Å². The Morgan fingerprint density at radius 1 is 0.656 bits per heavy atom. The fourth-order valence-corrected chi connectivity index (χ4v) is 4.56. The maximum absolute atomic E-state index is 6.80. The van der Waals surface area contributed by atoms with E-state index in [-0.39, 0.29) is 0 Å². The number of rotatable bonds is 5. The Balaban J connectivity index is 1.78. The first-order valence-corrected chi connectivity index (χ1v) is 10.8. The fraction of sp³-hybridized carbons (Fsp3) is 0.111. The molecule has 1 heterocycles. The average Bonchev–Trinajstić information content (AvgIpc) is 3.11. The van der Waals surface area contributed by atoms with E-state index in [0.717, 1.165) is 68.7 Å². The van der Waals surface area contributed by atoms with Gasteiger partial charge in [0, 0.05) is 39.8 Å². The number of hydrogen-bond donors (Lipinski definition) is 4. The van der Waals surface area contributed by atoms with Crippen LogP contribution < -0.4 is 22.9 Å². The van der Waals surface area contributed by atoms with Crippen molar-refractivity contribution in [3.05, 3.63) is 78.9 Å². The summed E-state index contributed by atoms with van der Waals surface area (Å²) in [7, 11) is 0. The summed E-state index contributed by atoms with van der Waals surface area (Å²) in [5.41, 5.74) is 33.3. The highest BCUT2D eigenvalue weighted by molar-refractivity contribution is 6.14. The molecule has 5 rings (SSSR count). The molecule has 0 amide bonds. The molecule has 160 valence electrons. The third-order valence-corrected chi connectivity index (χ3v) is 6.07. The smallest absolute Gasteiger partial charge is 0.0731 e.